The Kier molecular flexibility index (Phi) is 7.56. The third-order valence-electron chi connectivity index (χ3n) is 4.49. The van der Waals surface area contributed by atoms with Crippen LogP contribution >= 0.6 is 23.2 Å². The molecule has 0 aromatic heterocycles. The van der Waals surface area contributed by atoms with E-state index in [1.807, 2.05) is 0 Å². The highest BCUT2D eigenvalue weighted by Gasteiger charge is 2.26. The highest BCUT2D eigenvalue weighted by Crippen LogP contribution is 2.28. The lowest BCUT2D eigenvalue weighted by Gasteiger charge is -2.23. The molecular weight excluding hydrogens is 476 g/mol. The van der Waals surface area contributed by atoms with Gasteiger partial charge in [-0.15, -0.1) is 6.58 Å². The third kappa shape index (κ3) is 5.12. The number of ether oxygens (including phenoxy) is 1. The number of para-hydroxylation sites is 1. The number of carbonyl (C=O) groups is 1. The van der Waals surface area contributed by atoms with Gasteiger partial charge < -0.3 is 4.74 Å². The van der Waals surface area contributed by atoms with Crippen molar-refractivity contribution in [2.45, 2.75) is 11.5 Å². The van der Waals surface area contributed by atoms with E-state index >= 15 is 0 Å². The molecule has 0 heterocycles. The van der Waals surface area contributed by atoms with E-state index in [9.17, 15) is 17.6 Å². The number of halogens is 3. The first-order valence-corrected chi connectivity index (χ1v) is 11.5. The average molecular weight is 494 g/mol. The first-order chi connectivity index (χ1) is 15.3. The van der Waals surface area contributed by atoms with Crippen LogP contribution in [0.3, 0.4) is 0 Å². The lowest BCUT2D eigenvalue weighted by molar-refractivity contribution is 0.0469. The summed E-state index contributed by atoms with van der Waals surface area (Å²) in [6, 6.07) is 16.3. The van der Waals surface area contributed by atoms with E-state index in [2.05, 4.69) is 6.58 Å². The number of benzene rings is 3. The molecule has 0 aliphatic heterocycles. The molecule has 9 heteroatoms. The quantitative estimate of drug-likeness (QED) is 0.290. The SMILES string of the molecule is C=CCN(c1ccccc1)S(=O)(=O)c1ccc(Cl)c(C(=O)OCc2c(F)cccc2Cl)c1. The monoisotopic (exact) mass is 493 g/mol. The van der Waals surface area contributed by atoms with Gasteiger partial charge in [-0.25, -0.2) is 17.6 Å². The molecule has 0 atom stereocenters. The van der Waals surface area contributed by atoms with Gasteiger partial charge in [-0.2, -0.15) is 0 Å². The van der Waals surface area contributed by atoms with Crippen molar-refractivity contribution < 1.29 is 22.3 Å². The van der Waals surface area contributed by atoms with Crippen molar-refractivity contribution in [2.75, 3.05) is 10.8 Å². The molecule has 32 heavy (non-hydrogen) atoms. The maximum Gasteiger partial charge on any atom is 0.340 e. The van der Waals surface area contributed by atoms with Crippen molar-refractivity contribution in [1.82, 2.24) is 0 Å². The molecule has 0 aliphatic carbocycles. The van der Waals surface area contributed by atoms with Crippen LogP contribution in [0.25, 0.3) is 0 Å². The van der Waals surface area contributed by atoms with Gasteiger partial charge in [0.25, 0.3) is 10.0 Å². The Morgan fingerprint density at radius 2 is 1.75 bits per heavy atom. The minimum atomic E-state index is -4.06. The normalized spacial score (nSPS) is 11.1. The van der Waals surface area contributed by atoms with Crippen molar-refractivity contribution in [3.63, 3.8) is 0 Å². The van der Waals surface area contributed by atoms with Gasteiger partial charge >= 0.3 is 5.97 Å². The molecule has 0 fully saturated rings. The molecule has 0 N–H and O–H groups in total. The van der Waals surface area contributed by atoms with Crippen molar-refractivity contribution in [3.8, 4) is 0 Å². The number of nitrogens with zero attached hydrogens (tertiary/aromatic N) is 1. The Morgan fingerprint density at radius 1 is 1.03 bits per heavy atom. The van der Waals surface area contributed by atoms with Gasteiger partial charge in [0.15, 0.2) is 0 Å². The van der Waals surface area contributed by atoms with Crippen LogP contribution in [0.5, 0.6) is 0 Å². The van der Waals surface area contributed by atoms with E-state index in [4.69, 9.17) is 27.9 Å². The molecule has 5 nitrogen and oxygen atoms in total. The van der Waals surface area contributed by atoms with Crippen LogP contribution in [-0.4, -0.2) is 20.9 Å². The number of rotatable bonds is 8. The number of hydrogen-bond donors (Lipinski definition) is 0. The minimum Gasteiger partial charge on any atom is -0.457 e. The second-order valence-corrected chi connectivity index (χ2v) is 9.26. The molecule has 3 aromatic carbocycles. The maximum absolute atomic E-state index is 13.9. The summed E-state index contributed by atoms with van der Waals surface area (Å²) in [5.41, 5.74) is 0.260. The van der Waals surface area contributed by atoms with E-state index in [-0.39, 0.29) is 32.6 Å². The van der Waals surface area contributed by atoms with Gasteiger partial charge in [-0.3, -0.25) is 4.31 Å². The summed E-state index contributed by atoms with van der Waals surface area (Å²) in [6.45, 7) is 3.19. The summed E-state index contributed by atoms with van der Waals surface area (Å²) < 4.78 is 46.8. The van der Waals surface area contributed by atoms with Crippen LogP contribution in [0.2, 0.25) is 10.0 Å². The van der Waals surface area contributed by atoms with Crippen molar-refractivity contribution >= 4 is 44.9 Å². The fourth-order valence-electron chi connectivity index (χ4n) is 2.89. The Balaban J connectivity index is 1.91. The predicted molar refractivity (Wildman–Crippen MR) is 123 cm³/mol. The zero-order valence-electron chi connectivity index (χ0n) is 16.7. The summed E-state index contributed by atoms with van der Waals surface area (Å²) in [7, 11) is -4.06. The highest BCUT2D eigenvalue weighted by atomic mass is 35.5. The molecule has 166 valence electrons. The fraction of sp³-hybridized carbons (Fsp3) is 0.0870. The van der Waals surface area contributed by atoms with Crippen molar-refractivity contribution in [2.24, 2.45) is 0 Å². The number of esters is 1. The van der Waals surface area contributed by atoms with Gasteiger partial charge in [-0.1, -0.05) is 53.5 Å². The zero-order chi connectivity index (χ0) is 23.3. The topological polar surface area (TPSA) is 63.7 Å². The Labute approximate surface area is 195 Å². The van der Waals surface area contributed by atoms with E-state index < -0.39 is 28.4 Å². The van der Waals surface area contributed by atoms with Crippen LogP contribution in [0.15, 0.2) is 84.3 Å². The van der Waals surface area contributed by atoms with Gasteiger partial charge in [-0.05, 0) is 42.5 Å². The van der Waals surface area contributed by atoms with Crippen LogP contribution in [0.4, 0.5) is 10.1 Å². The lowest BCUT2D eigenvalue weighted by atomic mass is 10.2. The molecule has 0 amide bonds. The lowest BCUT2D eigenvalue weighted by Crippen LogP contribution is -2.31. The Bertz CT molecular complexity index is 1230. The highest BCUT2D eigenvalue weighted by molar-refractivity contribution is 7.92. The van der Waals surface area contributed by atoms with E-state index in [1.165, 1.54) is 36.4 Å². The number of hydrogen-bond acceptors (Lipinski definition) is 4. The molecule has 3 rings (SSSR count). The van der Waals surface area contributed by atoms with Gasteiger partial charge in [0.2, 0.25) is 0 Å². The molecule has 0 aliphatic rings. The first kappa shape index (κ1) is 23.8. The number of sulfonamides is 1. The second-order valence-electron chi connectivity index (χ2n) is 6.58. The standard InChI is InChI=1S/C23H18Cl2FNO4S/c1-2-13-27(16-7-4-3-5-8-16)32(29,30)17-11-12-21(25)18(14-17)23(28)31-15-19-20(24)9-6-10-22(19)26/h2-12,14H,1,13,15H2. The van der Waals surface area contributed by atoms with Crippen molar-refractivity contribution in [1.29, 1.82) is 0 Å². The fourth-order valence-corrected chi connectivity index (χ4v) is 4.76. The van der Waals surface area contributed by atoms with E-state index in [1.54, 1.807) is 30.3 Å². The molecule has 0 spiro atoms. The Morgan fingerprint density at radius 3 is 2.41 bits per heavy atom. The minimum absolute atomic E-state index is 0.00338. The smallest absolute Gasteiger partial charge is 0.340 e. The Hall–Kier alpha value is -2.87. The molecule has 0 radical (unpaired) electrons. The molecule has 0 unspecified atom stereocenters. The first-order valence-electron chi connectivity index (χ1n) is 9.34. The van der Waals surface area contributed by atoms with Crippen LogP contribution < -0.4 is 4.31 Å². The van der Waals surface area contributed by atoms with Gasteiger partial charge in [0.05, 0.1) is 32.7 Å². The molecular formula is C23H18Cl2FNO4S. The van der Waals surface area contributed by atoms with Crippen LogP contribution in [0, 0.1) is 5.82 Å². The average Bonchev–Trinajstić information content (AvgIpc) is 2.77. The summed E-state index contributed by atoms with van der Waals surface area (Å²) >= 11 is 12.1. The predicted octanol–water partition coefficient (Wildman–Crippen LogP) is 5.87. The third-order valence-corrected chi connectivity index (χ3v) is 6.97. The van der Waals surface area contributed by atoms with E-state index in [0.717, 1.165) is 10.4 Å². The molecule has 3 aromatic rings. The maximum atomic E-state index is 13.9. The second kappa shape index (κ2) is 10.2. The van der Waals surface area contributed by atoms with Gasteiger partial charge in [0, 0.05) is 5.56 Å². The van der Waals surface area contributed by atoms with Gasteiger partial charge in [0.1, 0.15) is 12.4 Å². The summed E-state index contributed by atoms with van der Waals surface area (Å²) in [4.78, 5) is 12.4. The van der Waals surface area contributed by atoms with Crippen molar-refractivity contribution in [3.05, 3.63) is 106 Å². The molecule has 0 bridgehead atoms. The summed E-state index contributed by atoms with van der Waals surface area (Å²) in [5, 5.41) is 0.0896. The van der Waals surface area contributed by atoms with Crippen LogP contribution in [0.1, 0.15) is 15.9 Å². The molecule has 0 saturated carbocycles. The molecule has 0 saturated heterocycles. The van der Waals surface area contributed by atoms with Crippen LogP contribution in [-0.2, 0) is 21.4 Å². The van der Waals surface area contributed by atoms with E-state index in [0.29, 0.717) is 5.69 Å². The number of anilines is 1. The largest absolute Gasteiger partial charge is 0.457 e. The summed E-state index contributed by atoms with van der Waals surface area (Å²) in [6.07, 6.45) is 1.45. The zero-order valence-corrected chi connectivity index (χ0v) is 19.0. The summed E-state index contributed by atoms with van der Waals surface area (Å²) in [5.74, 6) is -1.54. The number of carbonyl (C=O) groups excluding carboxylic acids is 1.